The molecule has 1 saturated heterocycles. The highest BCUT2D eigenvalue weighted by molar-refractivity contribution is 6.01. The Morgan fingerprint density at radius 3 is 2.71 bits per heavy atom. The molecule has 4 heterocycles. The van der Waals surface area contributed by atoms with E-state index in [9.17, 15) is 4.79 Å². The third-order valence-electron chi connectivity index (χ3n) is 6.05. The van der Waals surface area contributed by atoms with E-state index in [0.29, 0.717) is 11.1 Å². The zero-order chi connectivity index (χ0) is 20.8. The maximum Gasteiger partial charge on any atom is 0.272 e. The predicted molar refractivity (Wildman–Crippen MR) is 120 cm³/mol. The van der Waals surface area contributed by atoms with Crippen LogP contribution in [0.4, 0.5) is 5.82 Å². The number of hydrogen-bond donors (Lipinski definition) is 1. The first-order valence-corrected chi connectivity index (χ1v) is 10.5. The second kappa shape index (κ2) is 7.21. The average molecular weight is 411 g/mol. The molecule has 7 nitrogen and oxygen atoms in total. The van der Waals surface area contributed by atoms with Crippen molar-refractivity contribution in [1.29, 1.82) is 0 Å². The van der Waals surface area contributed by atoms with E-state index in [1.54, 1.807) is 0 Å². The summed E-state index contributed by atoms with van der Waals surface area (Å²) in [5.74, 6) is 2.49. The van der Waals surface area contributed by atoms with E-state index in [0.717, 1.165) is 60.9 Å². The zero-order valence-electron chi connectivity index (χ0n) is 16.9. The van der Waals surface area contributed by atoms with Gasteiger partial charge in [0, 0.05) is 44.5 Å². The Morgan fingerprint density at radius 1 is 0.968 bits per heavy atom. The fraction of sp³-hybridized carbons (Fsp3) is 0.208. The molecule has 1 N–H and O–H groups in total. The Balaban J connectivity index is 1.25. The van der Waals surface area contributed by atoms with E-state index in [-0.39, 0.29) is 5.56 Å². The molecule has 7 heteroatoms. The largest absolute Gasteiger partial charge is 0.456 e. The van der Waals surface area contributed by atoms with Crippen molar-refractivity contribution < 1.29 is 4.74 Å². The summed E-state index contributed by atoms with van der Waals surface area (Å²) in [4.78, 5) is 21.5. The third-order valence-corrected chi connectivity index (χ3v) is 6.05. The summed E-state index contributed by atoms with van der Waals surface area (Å²) in [6.45, 7) is 4.74. The van der Waals surface area contributed by atoms with Crippen LogP contribution in [0.3, 0.4) is 0 Å². The van der Waals surface area contributed by atoms with Gasteiger partial charge in [0.15, 0.2) is 0 Å². The number of nitrogens with zero attached hydrogens (tertiary/aromatic N) is 4. The molecule has 0 amide bonds. The second-order valence-electron chi connectivity index (χ2n) is 7.96. The highest BCUT2D eigenvalue weighted by Gasteiger charge is 2.24. The highest BCUT2D eigenvalue weighted by atomic mass is 16.5. The standard InChI is InChI=1S/C24H21N5O2/c30-24-17-4-3-5-20-22(17)23(26-27-24)18-14-16(7-8-19(18)31-20)15-28-10-12-29(13-11-28)21-6-1-2-9-25-21/h1-9,14H,10-13,15H2,(H,27,30). The molecule has 31 heavy (non-hydrogen) atoms. The van der Waals surface area contributed by atoms with Crippen LogP contribution in [0.5, 0.6) is 11.5 Å². The number of piperazine rings is 1. The molecule has 2 aromatic carbocycles. The van der Waals surface area contributed by atoms with Crippen LogP contribution in [0.25, 0.3) is 22.0 Å². The molecule has 0 atom stereocenters. The van der Waals surface area contributed by atoms with E-state index >= 15 is 0 Å². The van der Waals surface area contributed by atoms with Gasteiger partial charge in [-0.2, -0.15) is 5.10 Å². The molecular formula is C24H21N5O2. The van der Waals surface area contributed by atoms with Crippen LogP contribution in [0.1, 0.15) is 5.56 Å². The Hall–Kier alpha value is -3.71. The fourth-order valence-corrected chi connectivity index (χ4v) is 4.47. The molecule has 0 spiro atoms. The van der Waals surface area contributed by atoms with Crippen LogP contribution in [-0.2, 0) is 6.54 Å². The smallest absolute Gasteiger partial charge is 0.272 e. The number of rotatable bonds is 3. The molecule has 0 saturated carbocycles. The van der Waals surface area contributed by atoms with E-state index in [2.05, 4.69) is 43.2 Å². The van der Waals surface area contributed by atoms with E-state index in [4.69, 9.17) is 4.74 Å². The third kappa shape index (κ3) is 3.14. The lowest BCUT2D eigenvalue weighted by atomic mass is 9.99. The van der Waals surface area contributed by atoms with Gasteiger partial charge in [-0.15, -0.1) is 0 Å². The lowest BCUT2D eigenvalue weighted by Crippen LogP contribution is -2.46. The Morgan fingerprint density at radius 2 is 1.87 bits per heavy atom. The average Bonchev–Trinajstić information content (AvgIpc) is 2.82. The molecule has 2 aromatic heterocycles. The van der Waals surface area contributed by atoms with Gasteiger partial charge in [-0.25, -0.2) is 10.1 Å². The van der Waals surface area contributed by atoms with Gasteiger partial charge >= 0.3 is 0 Å². The number of aromatic nitrogens is 3. The van der Waals surface area contributed by atoms with Crippen LogP contribution < -0.4 is 15.2 Å². The summed E-state index contributed by atoms with van der Waals surface area (Å²) in [5.41, 5.74) is 2.70. The number of pyridine rings is 1. The van der Waals surface area contributed by atoms with Gasteiger partial charge in [0.25, 0.3) is 5.56 Å². The lowest BCUT2D eigenvalue weighted by molar-refractivity contribution is 0.249. The normalized spacial score (nSPS) is 15.5. The molecule has 154 valence electrons. The maximum atomic E-state index is 12.2. The number of anilines is 1. The summed E-state index contributed by atoms with van der Waals surface area (Å²) in [6.07, 6.45) is 1.84. The summed E-state index contributed by atoms with van der Waals surface area (Å²) in [7, 11) is 0. The number of benzene rings is 2. The second-order valence-corrected chi connectivity index (χ2v) is 7.96. The quantitative estimate of drug-likeness (QED) is 0.490. The van der Waals surface area contributed by atoms with Gasteiger partial charge in [0.05, 0.1) is 10.8 Å². The molecule has 0 aliphatic carbocycles. The Labute approximate surface area is 178 Å². The summed E-state index contributed by atoms with van der Waals surface area (Å²) < 4.78 is 6.09. The predicted octanol–water partition coefficient (Wildman–Crippen LogP) is 3.41. The van der Waals surface area contributed by atoms with Crippen molar-refractivity contribution in [3.63, 3.8) is 0 Å². The van der Waals surface area contributed by atoms with Gasteiger partial charge in [0.2, 0.25) is 0 Å². The van der Waals surface area contributed by atoms with Crippen molar-refractivity contribution in [3.8, 4) is 22.8 Å². The van der Waals surface area contributed by atoms with Crippen molar-refractivity contribution >= 4 is 16.6 Å². The minimum Gasteiger partial charge on any atom is -0.456 e. The van der Waals surface area contributed by atoms with Crippen molar-refractivity contribution in [3.05, 3.63) is 76.7 Å². The monoisotopic (exact) mass is 411 g/mol. The number of nitrogens with one attached hydrogen (secondary N) is 1. The Bertz CT molecular complexity index is 1330. The molecule has 2 aliphatic rings. The lowest BCUT2D eigenvalue weighted by Gasteiger charge is -2.35. The molecule has 0 unspecified atom stereocenters. The van der Waals surface area contributed by atoms with Gasteiger partial charge in [-0.3, -0.25) is 9.69 Å². The molecule has 2 aliphatic heterocycles. The van der Waals surface area contributed by atoms with E-state index in [1.165, 1.54) is 5.56 Å². The fourth-order valence-electron chi connectivity index (χ4n) is 4.47. The number of ether oxygens (including phenoxy) is 1. The molecule has 6 rings (SSSR count). The van der Waals surface area contributed by atoms with Gasteiger partial charge in [0.1, 0.15) is 23.0 Å². The molecule has 1 fully saturated rings. The summed E-state index contributed by atoms with van der Waals surface area (Å²) in [5, 5.41) is 8.38. The summed E-state index contributed by atoms with van der Waals surface area (Å²) >= 11 is 0. The molecule has 0 radical (unpaired) electrons. The highest BCUT2D eigenvalue weighted by Crippen LogP contribution is 2.44. The minimum absolute atomic E-state index is 0.199. The molecule has 4 aromatic rings. The number of hydrogen-bond acceptors (Lipinski definition) is 6. The SMILES string of the molecule is O=c1[nH]nc2c3c(cccc13)Oc1ccc(CN3CCN(c4ccccn4)CC3)cc1-2. The first kappa shape index (κ1) is 18.1. The van der Waals surface area contributed by atoms with Gasteiger partial charge in [-0.1, -0.05) is 18.2 Å². The van der Waals surface area contributed by atoms with Crippen LogP contribution in [-0.4, -0.2) is 46.3 Å². The van der Waals surface area contributed by atoms with Crippen LogP contribution >= 0.6 is 0 Å². The first-order chi connectivity index (χ1) is 15.3. The van der Waals surface area contributed by atoms with Crippen molar-refractivity contribution in [2.45, 2.75) is 6.54 Å². The number of fused-ring (bicyclic) bond motifs is 2. The van der Waals surface area contributed by atoms with Gasteiger partial charge in [-0.05, 0) is 42.0 Å². The van der Waals surface area contributed by atoms with Crippen LogP contribution in [0, 0.1) is 0 Å². The topological polar surface area (TPSA) is 74.4 Å². The van der Waals surface area contributed by atoms with Gasteiger partial charge < -0.3 is 9.64 Å². The minimum atomic E-state index is -0.199. The molecular weight excluding hydrogens is 390 g/mol. The molecule has 0 bridgehead atoms. The van der Waals surface area contributed by atoms with Crippen molar-refractivity contribution in [2.24, 2.45) is 0 Å². The first-order valence-electron chi connectivity index (χ1n) is 10.5. The number of H-pyrrole nitrogens is 1. The van der Waals surface area contributed by atoms with Crippen molar-refractivity contribution in [1.82, 2.24) is 20.1 Å². The number of aromatic amines is 1. The van der Waals surface area contributed by atoms with Crippen LogP contribution in [0.2, 0.25) is 0 Å². The summed E-state index contributed by atoms with van der Waals surface area (Å²) in [6, 6.07) is 17.8. The Kier molecular flexibility index (Phi) is 4.21. The maximum absolute atomic E-state index is 12.2. The van der Waals surface area contributed by atoms with E-state index in [1.807, 2.05) is 42.6 Å². The van der Waals surface area contributed by atoms with E-state index < -0.39 is 0 Å². The zero-order valence-corrected chi connectivity index (χ0v) is 16.9. The van der Waals surface area contributed by atoms with Crippen LogP contribution in [0.15, 0.2) is 65.6 Å². The van der Waals surface area contributed by atoms with Crippen molar-refractivity contribution in [2.75, 3.05) is 31.1 Å².